The van der Waals surface area contributed by atoms with E-state index in [1.165, 1.54) is 6.07 Å². The lowest BCUT2D eigenvalue weighted by atomic mass is 9.90. The Balaban J connectivity index is 1.47. The summed E-state index contributed by atoms with van der Waals surface area (Å²) in [5, 5.41) is 19.2. The maximum absolute atomic E-state index is 14.7. The zero-order chi connectivity index (χ0) is 23.9. The van der Waals surface area contributed by atoms with Crippen molar-refractivity contribution in [2.75, 3.05) is 18.8 Å². The number of piperidine rings is 1. The van der Waals surface area contributed by atoms with Gasteiger partial charge in [-0.15, -0.1) is 0 Å². The van der Waals surface area contributed by atoms with Crippen molar-refractivity contribution in [1.82, 2.24) is 35.7 Å². The molecule has 6 rings (SSSR count). The highest BCUT2D eigenvalue weighted by molar-refractivity contribution is 5.99. The van der Waals surface area contributed by atoms with E-state index in [0.717, 1.165) is 65.0 Å². The number of fused-ring (bicyclic) bond motifs is 1. The molecule has 1 aliphatic rings. The third-order valence-electron chi connectivity index (χ3n) is 6.89. The van der Waals surface area contributed by atoms with Gasteiger partial charge in [0.05, 0.1) is 18.1 Å². The molecule has 176 valence electrons. The lowest BCUT2D eigenvalue weighted by Crippen LogP contribution is -2.27. The lowest BCUT2D eigenvalue weighted by Gasteiger charge is -2.22. The van der Waals surface area contributed by atoms with Crippen LogP contribution < -0.4 is 11.1 Å². The van der Waals surface area contributed by atoms with Gasteiger partial charge < -0.3 is 11.1 Å². The molecule has 0 saturated carbocycles. The van der Waals surface area contributed by atoms with Crippen molar-refractivity contribution in [2.24, 2.45) is 0 Å². The molecule has 5 aromatic rings. The van der Waals surface area contributed by atoms with Crippen LogP contribution in [-0.2, 0) is 0 Å². The molecule has 0 bridgehead atoms. The molecule has 1 aromatic carbocycles. The summed E-state index contributed by atoms with van der Waals surface area (Å²) < 4.78 is 14.7. The minimum atomic E-state index is -0.325. The minimum absolute atomic E-state index is 0.325. The van der Waals surface area contributed by atoms with Crippen LogP contribution in [0.25, 0.3) is 44.3 Å². The summed E-state index contributed by atoms with van der Waals surface area (Å²) in [5.74, 6) is 0.455. The van der Waals surface area contributed by atoms with Crippen LogP contribution in [0.3, 0.4) is 0 Å². The largest absolute Gasteiger partial charge is 0.383 e. The van der Waals surface area contributed by atoms with Gasteiger partial charge in [0.2, 0.25) is 0 Å². The Kier molecular flexibility index (Phi) is 5.26. The SMILES string of the molecule is Cc1[nH]ncc1-c1ccc(F)c2cnc(-c3cc(-c4cn[nH]c4C4CCNCC4)cnc3N)cc12. The summed E-state index contributed by atoms with van der Waals surface area (Å²) >= 11 is 0. The first kappa shape index (κ1) is 21.4. The average molecular weight is 469 g/mol. The van der Waals surface area contributed by atoms with Gasteiger partial charge in [-0.05, 0) is 62.0 Å². The molecule has 0 spiro atoms. The molecule has 0 amide bonds. The van der Waals surface area contributed by atoms with Gasteiger partial charge in [0.1, 0.15) is 11.6 Å². The molecular weight excluding hydrogens is 443 g/mol. The molecule has 5 N–H and O–H groups in total. The molecule has 0 atom stereocenters. The number of nitrogen functional groups attached to an aromatic ring is 1. The number of rotatable bonds is 4. The second-order valence-corrected chi connectivity index (χ2v) is 9.00. The molecule has 1 aliphatic heterocycles. The highest BCUT2D eigenvalue weighted by atomic mass is 19.1. The number of halogens is 1. The van der Waals surface area contributed by atoms with Gasteiger partial charge in [-0.3, -0.25) is 15.2 Å². The molecule has 5 heterocycles. The van der Waals surface area contributed by atoms with Crippen LogP contribution in [-0.4, -0.2) is 43.5 Å². The van der Waals surface area contributed by atoms with Crippen molar-refractivity contribution >= 4 is 16.6 Å². The zero-order valence-electron chi connectivity index (χ0n) is 19.3. The molecule has 4 aromatic heterocycles. The topological polar surface area (TPSA) is 121 Å². The molecule has 1 fully saturated rings. The second kappa shape index (κ2) is 8.59. The Labute approximate surface area is 201 Å². The predicted octanol–water partition coefficient (Wildman–Crippen LogP) is 4.57. The van der Waals surface area contributed by atoms with E-state index in [0.29, 0.717) is 28.4 Å². The Morgan fingerprint density at radius 1 is 0.857 bits per heavy atom. The average Bonchev–Trinajstić information content (AvgIpc) is 3.54. The van der Waals surface area contributed by atoms with Crippen molar-refractivity contribution in [3.8, 4) is 33.5 Å². The van der Waals surface area contributed by atoms with Gasteiger partial charge in [-0.2, -0.15) is 10.2 Å². The van der Waals surface area contributed by atoms with Crippen molar-refractivity contribution in [3.05, 3.63) is 66.3 Å². The summed E-state index contributed by atoms with van der Waals surface area (Å²) in [6.07, 6.45) is 9.03. The van der Waals surface area contributed by atoms with E-state index in [9.17, 15) is 4.39 Å². The Hall–Kier alpha value is -4.11. The van der Waals surface area contributed by atoms with E-state index in [2.05, 4.69) is 35.7 Å². The number of aromatic nitrogens is 6. The first-order chi connectivity index (χ1) is 17.1. The fourth-order valence-corrected chi connectivity index (χ4v) is 4.98. The van der Waals surface area contributed by atoms with Crippen LogP contribution in [0.1, 0.15) is 30.1 Å². The van der Waals surface area contributed by atoms with E-state index >= 15 is 0 Å². The second-order valence-electron chi connectivity index (χ2n) is 9.00. The van der Waals surface area contributed by atoms with Crippen LogP contribution in [0, 0.1) is 12.7 Å². The standard InChI is InChI=1S/C26H25FN8/c1-14-20(12-32-34-14)17-2-3-23(27)22-11-30-24(9-18(17)22)19-8-16(10-31-26(19)28)21-13-33-35-25(21)15-4-6-29-7-5-15/h2-3,8-13,15,29H,4-7H2,1H3,(H2,28,31)(H,32,34)(H,33,35). The fraction of sp³-hybridized carbons (Fsp3) is 0.231. The third-order valence-corrected chi connectivity index (χ3v) is 6.89. The first-order valence-corrected chi connectivity index (χ1v) is 11.7. The number of pyridine rings is 2. The van der Waals surface area contributed by atoms with Crippen LogP contribution in [0.2, 0.25) is 0 Å². The molecule has 9 heteroatoms. The van der Waals surface area contributed by atoms with Gasteiger partial charge in [0.15, 0.2) is 0 Å². The summed E-state index contributed by atoms with van der Waals surface area (Å²) in [7, 11) is 0. The number of nitrogens with zero attached hydrogens (tertiary/aromatic N) is 4. The summed E-state index contributed by atoms with van der Waals surface area (Å²) in [5.41, 5.74) is 13.4. The number of aryl methyl sites for hydroxylation is 1. The van der Waals surface area contributed by atoms with E-state index in [1.54, 1.807) is 24.7 Å². The van der Waals surface area contributed by atoms with Crippen molar-refractivity contribution in [2.45, 2.75) is 25.7 Å². The smallest absolute Gasteiger partial charge is 0.132 e. The number of nitrogens with two attached hydrogens (primary N) is 1. The molecule has 0 aliphatic carbocycles. The van der Waals surface area contributed by atoms with Crippen molar-refractivity contribution in [1.29, 1.82) is 0 Å². The Morgan fingerprint density at radius 2 is 1.66 bits per heavy atom. The Morgan fingerprint density at radius 3 is 2.46 bits per heavy atom. The third kappa shape index (κ3) is 3.74. The van der Waals surface area contributed by atoms with Gasteiger partial charge in [0.25, 0.3) is 0 Å². The van der Waals surface area contributed by atoms with Gasteiger partial charge in [0, 0.05) is 57.3 Å². The summed E-state index contributed by atoms with van der Waals surface area (Å²) in [6.45, 7) is 3.92. The van der Waals surface area contributed by atoms with E-state index < -0.39 is 0 Å². The van der Waals surface area contributed by atoms with Crippen LogP contribution >= 0.6 is 0 Å². The molecule has 1 saturated heterocycles. The van der Waals surface area contributed by atoms with Crippen molar-refractivity contribution < 1.29 is 4.39 Å². The quantitative estimate of drug-likeness (QED) is 0.306. The number of aromatic amines is 2. The van der Waals surface area contributed by atoms with Crippen molar-refractivity contribution in [3.63, 3.8) is 0 Å². The Bertz CT molecular complexity index is 1530. The first-order valence-electron chi connectivity index (χ1n) is 11.7. The van der Waals surface area contributed by atoms with Gasteiger partial charge in [-0.1, -0.05) is 6.07 Å². The zero-order valence-corrected chi connectivity index (χ0v) is 19.3. The number of benzene rings is 1. The van der Waals surface area contributed by atoms with Gasteiger partial charge in [-0.25, -0.2) is 9.37 Å². The maximum Gasteiger partial charge on any atom is 0.132 e. The normalized spacial score (nSPS) is 14.6. The minimum Gasteiger partial charge on any atom is -0.383 e. The summed E-state index contributed by atoms with van der Waals surface area (Å²) in [4.78, 5) is 9.04. The highest BCUT2D eigenvalue weighted by Crippen LogP contribution is 2.37. The molecule has 0 unspecified atom stereocenters. The van der Waals surface area contributed by atoms with E-state index in [1.807, 2.05) is 25.3 Å². The van der Waals surface area contributed by atoms with Crippen LogP contribution in [0.4, 0.5) is 10.2 Å². The predicted molar refractivity (Wildman–Crippen MR) is 134 cm³/mol. The molecule has 8 nitrogen and oxygen atoms in total. The van der Waals surface area contributed by atoms with E-state index in [4.69, 9.17) is 5.73 Å². The fourth-order valence-electron chi connectivity index (χ4n) is 4.98. The van der Waals surface area contributed by atoms with E-state index in [-0.39, 0.29) is 5.82 Å². The van der Waals surface area contributed by atoms with Crippen LogP contribution in [0.15, 0.2) is 49.1 Å². The number of H-pyrrole nitrogens is 2. The molecule has 35 heavy (non-hydrogen) atoms. The van der Waals surface area contributed by atoms with Gasteiger partial charge >= 0.3 is 0 Å². The summed E-state index contributed by atoms with van der Waals surface area (Å²) in [6, 6.07) is 7.10. The highest BCUT2D eigenvalue weighted by Gasteiger charge is 2.22. The number of anilines is 1. The molecule has 0 radical (unpaired) electrons. The number of hydrogen-bond donors (Lipinski definition) is 4. The molecular formula is C26H25FN8. The van der Waals surface area contributed by atoms with Crippen LogP contribution in [0.5, 0.6) is 0 Å². The number of hydrogen-bond acceptors (Lipinski definition) is 6. The number of nitrogens with one attached hydrogen (secondary N) is 3. The monoisotopic (exact) mass is 468 g/mol. The lowest BCUT2D eigenvalue weighted by molar-refractivity contribution is 0.453. The maximum atomic E-state index is 14.7.